The second-order valence-corrected chi connectivity index (χ2v) is 4.84. The van der Waals surface area contributed by atoms with Gasteiger partial charge in [-0.3, -0.25) is 0 Å². The van der Waals surface area contributed by atoms with Crippen molar-refractivity contribution in [3.63, 3.8) is 0 Å². The van der Waals surface area contributed by atoms with Crippen molar-refractivity contribution in [3.05, 3.63) is 6.33 Å². The first-order valence-electron chi connectivity index (χ1n) is 6.30. The summed E-state index contributed by atoms with van der Waals surface area (Å²) < 4.78 is 5.38. The summed E-state index contributed by atoms with van der Waals surface area (Å²) in [5.74, 6) is 1.29. The number of aromatic amines is 1. The Morgan fingerprint density at radius 1 is 1.32 bits per heavy atom. The molecule has 0 aliphatic carbocycles. The lowest BCUT2D eigenvalue weighted by atomic mass is 10.1. The fraction of sp³-hybridized carbons (Fsp3) is 0.583. The molecule has 0 saturated carbocycles. The topological polar surface area (TPSA) is 87.8 Å². The highest BCUT2D eigenvalue weighted by Crippen LogP contribution is 2.19. The molecule has 0 amide bonds. The van der Waals surface area contributed by atoms with Crippen molar-refractivity contribution >= 4 is 22.9 Å². The lowest BCUT2D eigenvalue weighted by Crippen LogP contribution is -2.32. The molecule has 2 rings (SSSR count). The fourth-order valence-electron chi connectivity index (χ4n) is 1.57. The summed E-state index contributed by atoms with van der Waals surface area (Å²) in [5, 5.41) is 6.37. The highest BCUT2D eigenvalue weighted by Gasteiger charge is 2.18. The predicted molar refractivity (Wildman–Crippen MR) is 75.4 cm³/mol. The summed E-state index contributed by atoms with van der Waals surface area (Å²) in [6.07, 6.45) is 1.61. The number of anilines is 2. The standard InChI is InChI=1S/C12H20N6O/c1-5-13-11-17-9(14-6-12(2,3)19-4)8-10(18-11)16-7-15-8/h7H,5-6H2,1-4H3,(H3,13,14,15,16,17,18). The number of fused-ring (bicyclic) bond motifs is 1. The zero-order valence-electron chi connectivity index (χ0n) is 11.7. The average Bonchev–Trinajstić information content (AvgIpc) is 2.85. The Hall–Kier alpha value is -1.89. The fourth-order valence-corrected chi connectivity index (χ4v) is 1.57. The summed E-state index contributed by atoms with van der Waals surface area (Å²) in [4.78, 5) is 16.0. The molecule has 0 bridgehead atoms. The minimum absolute atomic E-state index is 0.268. The van der Waals surface area contributed by atoms with Gasteiger partial charge in [-0.15, -0.1) is 0 Å². The highest BCUT2D eigenvalue weighted by atomic mass is 16.5. The molecule has 0 aliphatic heterocycles. The minimum Gasteiger partial charge on any atom is -0.377 e. The van der Waals surface area contributed by atoms with Gasteiger partial charge in [-0.25, -0.2) is 4.98 Å². The lowest BCUT2D eigenvalue weighted by molar-refractivity contribution is 0.0343. The van der Waals surface area contributed by atoms with Crippen LogP contribution in [0.4, 0.5) is 11.8 Å². The summed E-state index contributed by atoms with van der Waals surface area (Å²) in [5.41, 5.74) is 1.17. The summed E-state index contributed by atoms with van der Waals surface area (Å²) >= 11 is 0. The second-order valence-electron chi connectivity index (χ2n) is 4.84. The molecule has 0 radical (unpaired) electrons. The van der Waals surface area contributed by atoms with Crippen LogP contribution in [0.5, 0.6) is 0 Å². The van der Waals surface area contributed by atoms with E-state index in [1.807, 2.05) is 20.8 Å². The van der Waals surface area contributed by atoms with E-state index in [1.54, 1.807) is 13.4 Å². The van der Waals surface area contributed by atoms with Gasteiger partial charge in [0.2, 0.25) is 5.95 Å². The number of nitrogens with one attached hydrogen (secondary N) is 3. The number of hydrogen-bond donors (Lipinski definition) is 3. The molecular weight excluding hydrogens is 244 g/mol. The molecule has 104 valence electrons. The van der Waals surface area contributed by atoms with Crippen molar-refractivity contribution in [2.45, 2.75) is 26.4 Å². The van der Waals surface area contributed by atoms with Crippen LogP contribution >= 0.6 is 0 Å². The van der Waals surface area contributed by atoms with Crippen molar-refractivity contribution in [1.82, 2.24) is 19.9 Å². The Morgan fingerprint density at radius 3 is 2.79 bits per heavy atom. The van der Waals surface area contributed by atoms with Crippen LogP contribution in [0.25, 0.3) is 11.2 Å². The molecule has 0 spiro atoms. The summed E-state index contributed by atoms with van der Waals surface area (Å²) in [7, 11) is 1.69. The van der Waals surface area contributed by atoms with Crippen LogP contribution in [0.1, 0.15) is 20.8 Å². The number of hydrogen-bond acceptors (Lipinski definition) is 6. The molecule has 2 aromatic rings. The Bertz CT molecular complexity index is 550. The van der Waals surface area contributed by atoms with Crippen LogP contribution in [0.15, 0.2) is 6.33 Å². The lowest BCUT2D eigenvalue weighted by Gasteiger charge is -2.23. The van der Waals surface area contributed by atoms with Gasteiger partial charge in [0.25, 0.3) is 0 Å². The molecule has 0 unspecified atom stereocenters. The van der Waals surface area contributed by atoms with Crippen molar-refractivity contribution in [2.24, 2.45) is 0 Å². The number of imidazole rings is 1. The summed E-state index contributed by atoms with van der Waals surface area (Å²) in [6.45, 7) is 7.42. The van der Waals surface area contributed by atoms with Gasteiger partial charge in [0.05, 0.1) is 11.9 Å². The third-order valence-electron chi connectivity index (χ3n) is 2.85. The molecule has 7 heteroatoms. The maximum absolute atomic E-state index is 5.38. The SMILES string of the molecule is CCNc1nc(NCC(C)(C)OC)c2[nH]cnc2n1. The van der Waals surface area contributed by atoms with Gasteiger partial charge in [-0.2, -0.15) is 9.97 Å². The van der Waals surface area contributed by atoms with Gasteiger partial charge in [0.15, 0.2) is 11.5 Å². The number of H-pyrrole nitrogens is 1. The molecule has 0 aromatic carbocycles. The molecule has 19 heavy (non-hydrogen) atoms. The molecule has 2 aromatic heterocycles. The van der Waals surface area contributed by atoms with Gasteiger partial charge in [-0.1, -0.05) is 0 Å². The smallest absolute Gasteiger partial charge is 0.226 e. The number of nitrogens with zero attached hydrogens (tertiary/aromatic N) is 3. The van der Waals surface area contributed by atoms with Gasteiger partial charge >= 0.3 is 0 Å². The maximum Gasteiger partial charge on any atom is 0.226 e. The first-order chi connectivity index (χ1) is 9.05. The molecule has 2 heterocycles. The van der Waals surface area contributed by atoms with Gasteiger partial charge in [0.1, 0.15) is 5.52 Å². The second kappa shape index (κ2) is 5.40. The quantitative estimate of drug-likeness (QED) is 0.735. The van der Waals surface area contributed by atoms with E-state index in [0.717, 1.165) is 17.9 Å². The Balaban J connectivity index is 2.27. The normalized spacial score (nSPS) is 11.8. The van der Waals surface area contributed by atoms with Crippen molar-refractivity contribution in [1.29, 1.82) is 0 Å². The van der Waals surface area contributed by atoms with Gasteiger partial charge in [0, 0.05) is 20.2 Å². The van der Waals surface area contributed by atoms with E-state index < -0.39 is 0 Å². The molecule has 0 saturated heterocycles. The molecule has 7 nitrogen and oxygen atoms in total. The average molecular weight is 264 g/mol. The highest BCUT2D eigenvalue weighted by molar-refractivity contribution is 5.83. The van der Waals surface area contributed by atoms with Crippen LogP contribution in [-0.2, 0) is 4.74 Å². The molecule has 3 N–H and O–H groups in total. The number of ether oxygens (including phenoxy) is 1. The number of rotatable bonds is 6. The third kappa shape index (κ3) is 3.11. The zero-order chi connectivity index (χ0) is 13.9. The molecule has 0 fully saturated rings. The van der Waals surface area contributed by atoms with Gasteiger partial charge in [-0.05, 0) is 20.8 Å². The van der Waals surface area contributed by atoms with Crippen LogP contribution in [0, 0.1) is 0 Å². The van der Waals surface area contributed by atoms with E-state index in [4.69, 9.17) is 4.74 Å². The van der Waals surface area contributed by atoms with Crippen LogP contribution in [-0.4, -0.2) is 45.7 Å². The van der Waals surface area contributed by atoms with Crippen LogP contribution in [0.2, 0.25) is 0 Å². The predicted octanol–water partition coefficient (Wildman–Crippen LogP) is 1.62. The third-order valence-corrected chi connectivity index (χ3v) is 2.85. The van der Waals surface area contributed by atoms with E-state index in [-0.39, 0.29) is 5.60 Å². The molecule has 0 atom stereocenters. The van der Waals surface area contributed by atoms with Crippen molar-refractivity contribution in [3.8, 4) is 0 Å². The Kier molecular flexibility index (Phi) is 3.84. The zero-order valence-corrected chi connectivity index (χ0v) is 11.7. The Labute approximate surface area is 112 Å². The van der Waals surface area contributed by atoms with E-state index >= 15 is 0 Å². The van der Waals surface area contributed by atoms with Crippen molar-refractivity contribution < 1.29 is 4.74 Å². The van der Waals surface area contributed by atoms with E-state index in [2.05, 4.69) is 30.6 Å². The van der Waals surface area contributed by atoms with E-state index in [9.17, 15) is 0 Å². The van der Waals surface area contributed by atoms with Crippen molar-refractivity contribution in [2.75, 3.05) is 30.8 Å². The first kappa shape index (κ1) is 13.5. The number of methoxy groups -OCH3 is 1. The summed E-state index contributed by atoms with van der Waals surface area (Å²) in [6, 6.07) is 0. The van der Waals surface area contributed by atoms with Crippen LogP contribution in [0.3, 0.4) is 0 Å². The molecule has 0 aliphatic rings. The van der Waals surface area contributed by atoms with Crippen LogP contribution < -0.4 is 10.6 Å². The van der Waals surface area contributed by atoms with Gasteiger partial charge < -0.3 is 20.4 Å². The van der Waals surface area contributed by atoms with E-state index in [0.29, 0.717) is 18.1 Å². The maximum atomic E-state index is 5.38. The Morgan fingerprint density at radius 2 is 2.11 bits per heavy atom. The first-order valence-corrected chi connectivity index (χ1v) is 6.30. The minimum atomic E-state index is -0.268. The monoisotopic (exact) mass is 264 g/mol. The van der Waals surface area contributed by atoms with E-state index in [1.165, 1.54) is 0 Å². The molecular formula is C12H20N6O. The number of aromatic nitrogens is 4. The largest absolute Gasteiger partial charge is 0.377 e.